The summed E-state index contributed by atoms with van der Waals surface area (Å²) in [6, 6.07) is 20.5. The molecule has 3 N–H and O–H groups in total. The molecule has 1 aromatic heterocycles. The molecule has 4 rings (SSSR count). The molecule has 0 spiro atoms. The van der Waals surface area contributed by atoms with Crippen LogP contribution in [0.3, 0.4) is 0 Å². The Balaban J connectivity index is 1.40. The predicted octanol–water partition coefficient (Wildman–Crippen LogP) is 3.91. The van der Waals surface area contributed by atoms with Gasteiger partial charge in [-0.3, -0.25) is 4.79 Å². The van der Waals surface area contributed by atoms with E-state index in [1.165, 1.54) is 19.2 Å². The Morgan fingerprint density at radius 1 is 0.968 bits per heavy atom. The lowest BCUT2D eigenvalue weighted by Crippen LogP contribution is -2.23. The van der Waals surface area contributed by atoms with Gasteiger partial charge < -0.3 is 15.0 Å². The number of hydrogen-bond donors (Lipinski definition) is 3. The van der Waals surface area contributed by atoms with Gasteiger partial charge >= 0.3 is 0 Å². The molecule has 1 heterocycles. The van der Waals surface area contributed by atoms with Crippen molar-refractivity contribution in [2.45, 2.75) is 11.4 Å². The Morgan fingerprint density at radius 3 is 2.42 bits per heavy atom. The topological polar surface area (TPSA) is 100 Å². The predicted molar refractivity (Wildman–Crippen MR) is 120 cm³/mol. The van der Waals surface area contributed by atoms with Crippen molar-refractivity contribution in [1.82, 2.24) is 9.71 Å². The van der Waals surface area contributed by atoms with Crippen LogP contribution in [0.25, 0.3) is 10.9 Å². The van der Waals surface area contributed by atoms with Crippen molar-refractivity contribution in [2.75, 3.05) is 12.4 Å². The number of sulfonamides is 1. The lowest BCUT2D eigenvalue weighted by Gasteiger charge is -2.09. The third-order valence-electron chi connectivity index (χ3n) is 4.90. The number of H-pyrrole nitrogens is 1. The summed E-state index contributed by atoms with van der Waals surface area (Å²) in [6.07, 6.45) is 1.82. The summed E-state index contributed by atoms with van der Waals surface area (Å²) < 4.78 is 32.5. The number of carbonyl (C=O) groups excluding carboxylic acids is 1. The molecule has 3 aromatic carbocycles. The van der Waals surface area contributed by atoms with E-state index in [0.717, 1.165) is 22.2 Å². The van der Waals surface area contributed by atoms with Crippen LogP contribution >= 0.6 is 0 Å². The average Bonchev–Trinajstić information content (AvgIpc) is 3.28. The van der Waals surface area contributed by atoms with E-state index in [1.807, 2.05) is 30.5 Å². The van der Waals surface area contributed by atoms with E-state index in [4.69, 9.17) is 4.74 Å². The first-order valence-corrected chi connectivity index (χ1v) is 11.0. The largest absolute Gasteiger partial charge is 0.497 e. The molecular formula is C23H21N3O4S. The van der Waals surface area contributed by atoms with Gasteiger partial charge in [-0.15, -0.1) is 0 Å². The molecule has 0 aliphatic carbocycles. The highest BCUT2D eigenvalue weighted by Crippen LogP contribution is 2.23. The van der Waals surface area contributed by atoms with Crippen molar-refractivity contribution in [3.05, 3.63) is 90.1 Å². The number of rotatable bonds is 7. The highest BCUT2D eigenvalue weighted by Gasteiger charge is 2.14. The number of aromatic nitrogens is 1. The first-order valence-electron chi connectivity index (χ1n) is 9.56. The molecule has 0 saturated carbocycles. The monoisotopic (exact) mass is 435 g/mol. The molecule has 0 unspecified atom stereocenters. The quantitative estimate of drug-likeness (QED) is 0.410. The van der Waals surface area contributed by atoms with Gasteiger partial charge in [0.05, 0.1) is 17.7 Å². The summed E-state index contributed by atoms with van der Waals surface area (Å²) in [5.74, 6) is 0.347. The minimum Gasteiger partial charge on any atom is -0.497 e. The molecule has 0 atom stereocenters. The summed E-state index contributed by atoms with van der Waals surface area (Å²) in [7, 11) is -2.13. The first-order chi connectivity index (χ1) is 15.0. The zero-order chi connectivity index (χ0) is 21.8. The number of fused-ring (bicyclic) bond motifs is 1. The normalized spacial score (nSPS) is 11.4. The van der Waals surface area contributed by atoms with Gasteiger partial charge in [0, 0.05) is 29.2 Å². The maximum absolute atomic E-state index is 12.6. The Kier molecular flexibility index (Phi) is 5.75. The number of aromatic amines is 1. The Labute approximate surface area is 180 Å². The van der Waals surface area contributed by atoms with E-state index >= 15 is 0 Å². The van der Waals surface area contributed by atoms with E-state index < -0.39 is 10.0 Å². The zero-order valence-electron chi connectivity index (χ0n) is 16.8. The van der Waals surface area contributed by atoms with Gasteiger partial charge in [0.2, 0.25) is 10.0 Å². The second-order valence-electron chi connectivity index (χ2n) is 6.90. The number of ether oxygens (including phenoxy) is 1. The summed E-state index contributed by atoms with van der Waals surface area (Å²) in [5.41, 5.74) is 2.88. The Morgan fingerprint density at radius 2 is 1.71 bits per heavy atom. The van der Waals surface area contributed by atoms with Crippen LogP contribution in [0.1, 0.15) is 15.9 Å². The maximum Gasteiger partial charge on any atom is 0.255 e. The molecular weight excluding hydrogens is 414 g/mol. The average molecular weight is 436 g/mol. The maximum atomic E-state index is 12.6. The van der Waals surface area contributed by atoms with Gasteiger partial charge in [-0.25, -0.2) is 13.1 Å². The molecule has 0 saturated heterocycles. The molecule has 1 amide bonds. The molecule has 7 nitrogen and oxygen atoms in total. The van der Waals surface area contributed by atoms with E-state index in [-0.39, 0.29) is 17.3 Å². The molecule has 0 aliphatic rings. The third-order valence-corrected chi connectivity index (χ3v) is 6.31. The standard InChI is InChI=1S/C23H21N3O4S/c1-30-18-9-11-19(12-10-18)31(28,29)25-15-16-5-7-17(8-6-16)23(27)26-22-4-2-3-21-20(22)13-14-24-21/h2-14,24-25H,15H2,1H3,(H,26,27). The van der Waals surface area contributed by atoms with Crippen LogP contribution < -0.4 is 14.8 Å². The molecule has 0 bridgehead atoms. The molecule has 158 valence electrons. The highest BCUT2D eigenvalue weighted by atomic mass is 32.2. The van der Waals surface area contributed by atoms with Gasteiger partial charge in [0.1, 0.15) is 5.75 Å². The molecule has 31 heavy (non-hydrogen) atoms. The fraction of sp³-hybridized carbons (Fsp3) is 0.0870. The van der Waals surface area contributed by atoms with Crippen LogP contribution in [0.15, 0.2) is 83.9 Å². The molecule has 8 heteroatoms. The summed E-state index contributed by atoms with van der Waals surface area (Å²) >= 11 is 0. The Bertz CT molecular complexity index is 1310. The lowest BCUT2D eigenvalue weighted by molar-refractivity contribution is 0.102. The van der Waals surface area contributed by atoms with Crippen LogP contribution in [-0.2, 0) is 16.6 Å². The second-order valence-corrected chi connectivity index (χ2v) is 8.66. The number of hydrogen-bond acceptors (Lipinski definition) is 4. The second kappa shape index (κ2) is 8.63. The van der Waals surface area contributed by atoms with Crippen molar-refractivity contribution in [3.63, 3.8) is 0 Å². The van der Waals surface area contributed by atoms with E-state index in [9.17, 15) is 13.2 Å². The number of anilines is 1. The fourth-order valence-electron chi connectivity index (χ4n) is 3.18. The van der Waals surface area contributed by atoms with Gasteiger partial charge in [-0.1, -0.05) is 18.2 Å². The molecule has 0 fully saturated rings. The minimum atomic E-state index is -3.65. The first kappa shape index (κ1) is 20.6. The van der Waals surface area contributed by atoms with Crippen LogP contribution in [0.2, 0.25) is 0 Å². The SMILES string of the molecule is COc1ccc(S(=O)(=O)NCc2ccc(C(=O)Nc3cccc4[nH]ccc34)cc2)cc1. The van der Waals surface area contributed by atoms with Crippen molar-refractivity contribution < 1.29 is 17.9 Å². The molecule has 0 aliphatic heterocycles. The molecule has 0 radical (unpaired) electrons. The zero-order valence-corrected chi connectivity index (χ0v) is 17.6. The summed E-state index contributed by atoms with van der Waals surface area (Å²) in [6.45, 7) is 0.110. The van der Waals surface area contributed by atoms with Crippen LogP contribution in [-0.4, -0.2) is 26.4 Å². The third kappa shape index (κ3) is 4.60. The minimum absolute atomic E-state index is 0.110. The number of nitrogens with one attached hydrogen (secondary N) is 3. The summed E-state index contributed by atoms with van der Waals surface area (Å²) in [5, 5.41) is 3.84. The van der Waals surface area contributed by atoms with Crippen molar-refractivity contribution in [2.24, 2.45) is 0 Å². The van der Waals surface area contributed by atoms with E-state index in [2.05, 4.69) is 15.0 Å². The van der Waals surface area contributed by atoms with Gasteiger partial charge in [0.15, 0.2) is 0 Å². The summed E-state index contributed by atoms with van der Waals surface area (Å²) in [4.78, 5) is 15.9. The van der Waals surface area contributed by atoms with Gasteiger partial charge in [-0.05, 0) is 60.2 Å². The van der Waals surface area contributed by atoms with E-state index in [0.29, 0.717) is 11.3 Å². The number of carbonyl (C=O) groups is 1. The Hall–Kier alpha value is -3.62. The van der Waals surface area contributed by atoms with Crippen molar-refractivity contribution in [3.8, 4) is 5.75 Å². The number of methoxy groups -OCH3 is 1. The van der Waals surface area contributed by atoms with Crippen LogP contribution in [0.5, 0.6) is 5.75 Å². The number of amides is 1. The molecule has 4 aromatic rings. The van der Waals surface area contributed by atoms with Gasteiger partial charge in [0.25, 0.3) is 5.91 Å². The van der Waals surface area contributed by atoms with Gasteiger partial charge in [-0.2, -0.15) is 0 Å². The van der Waals surface area contributed by atoms with Crippen LogP contribution in [0, 0.1) is 0 Å². The number of benzene rings is 3. The van der Waals surface area contributed by atoms with Crippen molar-refractivity contribution in [1.29, 1.82) is 0 Å². The van der Waals surface area contributed by atoms with Crippen molar-refractivity contribution >= 4 is 32.5 Å². The fourth-order valence-corrected chi connectivity index (χ4v) is 4.20. The highest BCUT2D eigenvalue weighted by molar-refractivity contribution is 7.89. The smallest absolute Gasteiger partial charge is 0.255 e. The van der Waals surface area contributed by atoms with Crippen LogP contribution in [0.4, 0.5) is 5.69 Å². The lowest BCUT2D eigenvalue weighted by atomic mass is 10.1. The van der Waals surface area contributed by atoms with E-state index in [1.54, 1.807) is 36.4 Å².